The summed E-state index contributed by atoms with van der Waals surface area (Å²) >= 11 is 0. The molecule has 80 valence electrons. The van der Waals surface area contributed by atoms with Crippen LogP contribution in [0.1, 0.15) is 30.6 Å². The van der Waals surface area contributed by atoms with Crippen LogP contribution in [0.3, 0.4) is 0 Å². The van der Waals surface area contributed by atoms with E-state index in [1.807, 2.05) is 26.0 Å². The van der Waals surface area contributed by atoms with Gasteiger partial charge in [0.2, 0.25) is 0 Å². The van der Waals surface area contributed by atoms with Gasteiger partial charge in [-0.2, -0.15) is 0 Å². The maximum absolute atomic E-state index is 11.9. The van der Waals surface area contributed by atoms with E-state index in [9.17, 15) is 9.90 Å². The van der Waals surface area contributed by atoms with Crippen molar-refractivity contribution in [3.05, 3.63) is 42.0 Å². The lowest BCUT2D eigenvalue weighted by Crippen LogP contribution is -2.10. The number of para-hydroxylation sites is 1. The number of benzene rings is 1. The van der Waals surface area contributed by atoms with Gasteiger partial charge in [0.15, 0.2) is 5.78 Å². The fourth-order valence-electron chi connectivity index (χ4n) is 1.39. The van der Waals surface area contributed by atoms with Crippen LogP contribution >= 0.6 is 0 Å². The summed E-state index contributed by atoms with van der Waals surface area (Å²) < 4.78 is 0. The average molecular weight is 204 g/mol. The lowest BCUT2D eigenvalue weighted by Gasteiger charge is -2.08. The quantitative estimate of drug-likeness (QED) is 0.604. The van der Waals surface area contributed by atoms with Gasteiger partial charge in [0.05, 0.1) is 5.56 Å². The van der Waals surface area contributed by atoms with Crippen LogP contribution in [-0.4, -0.2) is 10.9 Å². The molecule has 0 saturated carbocycles. The van der Waals surface area contributed by atoms with Crippen LogP contribution in [0.4, 0.5) is 0 Å². The molecule has 0 amide bonds. The third-order valence-electron chi connectivity index (χ3n) is 2.34. The smallest absolute Gasteiger partial charge is 0.169 e. The molecule has 1 aromatic rings. The van der Waals surface area contributed by atoms with Gasteiger partial charge < -0.3 is 5.11 Å². The van der Waals surface area contributed by atoms with Gasteiger partial charge in [0.25, 0.3) is 0 Å². The van der Waals surface area contributed by atoms with E-state index in [0.717, 1.165) is 0 Å². The Morgan fingerprint density at radius 3 is 2.73 bits per heavy atom. The summed E-state index contributed by atoms with van der Waals surface area (Å²) in [6.07, 6.45) is 4.60. The average Bonchev–Trinajstić information content (AvgIpc) is 2.25. The second-order valence-corrected chi connectivity index (χ2v) is 3.59. The van der Waals surface area contributed by atoms with Crippen molar-refractivity contribution in [2.45, 2.75) is 20.3 Å². The maximum atomic E-state index is 11.9. The van der Waals surface area contributed by atoms with Crippen molar-refractivity contribution in [1.29, 1.82) is 0 Å². The van der Waals surface area contributed by atoms with Crippen LogP contribution in [0.25, 0.3) is 0 Å². The summed E-state index contributed by atoms with van der Waals surface area (Å²) in [4.78, 5) is 11.9. The number of hydrogen-bond donors (Lipinski definition) is 1. The van der Waals surface area contributed by atoms with Crippen molar-refractivity contribution in [3.8, 4) is 5.75 Å². The van der Waals surface area contributed by atoms with Gasteiger partial charge >= 0.3 is 0 Å². The van der Waals surface area contributed by atoms with Crippen LogP contribution in [0, 0.1) is 5.92 Å². The van der Waals surface area contributed by atoms with Crippen molar-refractivity contribution in [2.24, 2.45) is 5.92 Å². The highest BCUT2D eigenvalue weighted by Crippen LogP contribution is 2.21. The Labute approximate surface area is 90.3 Å². The minimum atomic E-state index is -0.0884. The van der Waals surface area contributed by atoms with Gasteiger partial charge in [-0.3, -0.25) is 4.79 Å². The highest BCUT2D eigenvalue weighted by atomic mass is 16.3. The van der Waals surface area contributed by atoms with Crippen molar-refractivity contribution in [2.75, 3.05) is 0 Å². The number of phenols is 1. The van der Waals surface area contributed by atoms with Crippen molar-refractivity contribution in [3.63, 3.8) is 0 Å². The van der Waals surface area contributed by atoms with Crippen LogP contribution in [0.2, 0.25) is 0 Å². The number of hydrogen-bond acceptors (Lipinski definition) is 2. The highest BCUT2D eigenvalue weighted by molar-refractivity contribution is 6.00. The topological polar surface area (TPSA) is 37.3 Å². The van der Waals surface area contributed by atoms with E-state index >= 15 is 0 Å². The Hall–Kier alpha value is -1.57. The molecule has 0 heterocycles. The molecular formula is C13H16O2. The first-order valence-corrected chi connectivity index (χ1v) is 5.10. The molecule has 1 unspecified atom stereocenters. The van der Waals surface area contributed by atoms with E-state index in [4.69, 9.17) is 0 Å². The maximum Gasteiger partial charge on any atom is 0.169 e. The van der Waals surface area contributed by atoms with E-state index in [-0.39, 0.29) is 17.5 Å². The summed E-state index contributed by atoms with van der Waals surface area (Å²) in [5.74, 6) is -0.0319. The lowest BCUT2D eigenvalue weighted by atomic mass is 9.96. The summed E-state index contributed by atoms with van der Waals surface area (Å²) in [5, 5.41) is 9.52. The monoisotopic (exact) mass is 204 g/mol. The number of Topliss-reactive ketones (excluding diaryl/α,β-unsaturated/α-hetero) is 1. The Kier molecular flexibility index (Phi) is 4.10. The molecule has 0 aliphatic carbocycles. The molecule has 15 heavy (non-hydrogen) atoms. The fourth-order valence-corrected chi connectivity index (χ4v) is 1.39. The van der Waals surface area contributed by atoms with Gasteiger partial charge in [0, 0.05) is 5.92 Å². The number of aromatic hydroxyl groups is 1. The zero-order chi connectivity index (χ0) is 11.3. The zero-order valence-corrected chi connectivity index (χ0v) is 9.10. The minimum absolute atomic E-state index is 0.00815. The first kappa shape index (κ1) is 11.5. The molecule has 2 nitrogen and oxygen atoms in total. The Balaban J connectivity index is 2.80. The zero-order valence-electron chi connectivity index (χ0n) is 9.10. The van der Waals surface area contributed by atoms with Crippen molar-refractivity contribution < 1.29 is 9.90 Å². The molecule has 1 N–H and O–H groups in total. The molecule has 1 aromatic carbocycles. The molecule has 0 aliphatic heterocycles. The van der Waals surface area contributed by atoms with E-state index in [2.05, 4.69) is 0 Å². The first-order valence-electron chi connectivity index (χ1n) is 5.10. The SMILES string of the molecule is C/C=C/CC(C)C(=O)c1ccccc1O. The first-order chi connectivity index (χ1) is 7.16. The summed E-state index contributed by atoms with van der Waals surface area (Å²) in [7, 11) is 0. The summed E-state index contributed by atoms with van der Waals surface area (Å²) in [6.45, 7) is 3.80. The van der Waals surface area contributed by atoms with Gasteiger partial charge in [-0.05, 0) is 25.5 Å². The Bertz CT molecular complexity index is 367. The predicted octanol–water partition coefficient (Wildman–Crippen LogP) is 3.18. The van der Waals surface area contributed by atoms with Crippen LogP contribution in [-0.2, 0) is 0 Å². The second kappa shape index (κ2) is 5.35. The van der Waals surface area contributed by atoms with E-state index < -0.39 is 0 Å². The second-order valence-electron chi connectivity index (χ2n) is 3.59. The predicted molar refractivity (Wildman–Crippen MR) is 61.0 cm³/mol. The van der Waals surface area contributed by atoms with E-state index in [1.54, 1.807) is 18.2 Å². The van der Waals surface area contributed by atoms with Gasteiger partial charge in [-0.25, -0.2) is 0 Å². The summed E-state index contributed by atoms with van der Waals surface area (Å²) in [5.41, 5.74) is 0.412. The van der Waals surface area contributed by atoms with Crippen LogP contribution in [0.15, 0.2) is 36.4 Å². The fraction of sp³-hybridized carbons (Fsp3) is 0.308. The normalized spacial score (nSPS) is 12.9. The largest absolute Gasteiger partial charge is 0.507 e. The van der Waals surface area contributed by atoms with Gasteiger partial charge in [-0.15, -0.1) is 0 Å². The Morgan fingerprint density at radius 2 is 2.13 bits per heavy atom. The molecule has 0 aliphatic rings. The van der Waals surface area contributed by atoms with Crippen molar-refractivity contribution in [1.82, 2.24) is 0 Å². The van der Waals surface area contributed by atoms with E-state index in [0.29, 0.717) is 12.0 Å². The van der Waals surface area contributed by atoms with Gasteiger partial charge in [-0.1, -0.05) is 31.2 Å². The van der Waals surface area contributed by atoms with Crippen LogP contribution < -0.4 is 0 Å². The third-order valence-corrected chi connectivity index (χ3v) is 2.34. The molecule has 1 atom stereocenters. The molecule has 0 saturated heterocycles. The highest BCUT2D eigenvalue weighted by Gasteiger charge is 2.16. The molecule has 1 rings (SSSR count). The molecule has 0 bridgehead atoms. The number of ketones is 1. The Morgan fingerprint density at radius 1 is 1.47 bits per heavy atom. The molecule has 0 radical (unpaired) electrons. The van der Waals surface area contributed by atoms with Gasteiger partial charge in [0.1, 0.15) is 5.75 Å². The number of carbonyl (C=O) groups excluding carboxylic acids is 1. The minimum Gasteiger partial charge on any atom is -0.507 e. The molecule has 2 heteroatoms. The van der Waals surface area contributed by atoms with Crippen molar-refractivity contribution >= 4 is 5.78 Å². The number of phenolic OH excluding ortho intramolecular Hbond substituents is 1. The lowest BCUT2D eigenvalue weighted by molar-refractivity contribution is 0.0928. The number of carbonyl (C=O) groups is 1. The van der Waals surface area contributed by atoms with Crippen LogP contribution in [0.5, 0.6) is 5.75 Å². The molecular weight excluding hydrogens is 188 g/mol. The number of allylic oxidation sites excluding steroid dienone is 2. The molecule has 0 spiro atoms. The molecule has 0 fully saturated rings. The molecule has 0 aromatic heterocycles. The summed E-state index contributed by atoms with van der Waals surface area (Å²) in [6, 6.07) is 6.66. The number of rotatable bonds is 4. The third kappa shape index (κ3) is 2.94. The standard InChI is InChI=1S/C13H16O2/c1-3-4-7-10(2)13(15)11-8-5-6-9-12(11)14/h3-6,8-10,14H,7H2,1-2H3/b4-3+. The van der Waals surface area contributed by atoms with E-state index in [1.165, 1.54) is 6.07 Å².